The van der Waals surface area contributed by atoms with Crippen molar-refractivity contribution in [3.63, 3.8) is 0 Å². The summed E-state index contributed by atoms with van der Waals surface area (Å²) in [5.74, 6) is -1.08. The maximum Gasteiger partial charge on any atom is 0.129 e. The first-order chi connectivity index (χ1) is 8.19. The third-order valence-corrected chi connectivity index (χ3v) is 2.55. The third-order valence-electron chi connectivity index (χ3n) is 2.55. The molecule has 1 heterocycles. The third kappa shape index (κ3) is 2.88. The summed E-state index contributed by atoms with van der Waals surface area (Å²) in [7, 11) is 0. The molecule has 1 aromatic carbocycles. The number of nitrogens with two attached hydrogens (primary N) is 1. The molecule has 1 aromatic heterocycles. The first-order valence-corrected chi connectivity index (χ1v) is 5.34. The number of aryl methyl sites for hydroxylation is 2. The van der Waals surface area contributed by atoms with E-state index in [4.69, 9.17) is 5.73 Å². The minimum absolute atomic E-state index is 0.435. The molecule has 0 amide bonds. The van der Waals surface area contributed by atoms with Crippen molar-refractivity contribution in [3.8, 4) is 0 Å². The van der Waals surface area contributed by atoms with Crippen LogP contribution in [0.15, 0.2) is 30.6 Å². The van der Waals surface area contributed by atoms with E-state index in [2.05, 4.69) is 5.10 Å². The number of halogens is 2. The van der Waals surface area contributed by atoms with Gasteiger partial charge in [0.25, 0.3) is 0 Å². The van der Waals surface area contributed by atoms with Gasteiger partial charge in [-0.2, -0.15) is 5.10 Å². The molecule has 0 spiro atoms. The minimum atomic E-state index is -0.559. The average molecular weight is 237 g/mol. The van der Waals surface area contributed by atoms with Crippen molar-refractivity contribution < 1.29 is 8.78 Å². The van der Waals surface area contributed by atoms with Crippen molar-refractivity contribution in [1.29, 1.82) is 0 Å². The highest BCUT2D eigenvalue weighted by Crippen LogP contribution is 2.11. The van der Waals surface area contributed by atoms with E-state index in [0.717, 1.165) is 11.6 Å². The number of benzene rings is 1. The Morgan fingerprint density at radius 2 is 2.12 bits per heavy atom. The van der Waals surface area contributed by atoms with Gasteiger partial charge in [-0.1, -0.05) is 6.07 Å². The Bertz CT molecular complexity index is 508. The standard InChI is InChI=1S/C12H13F2N3/c13-11-2-1-10(12(14)5-11)3-4-17-8-9(6-15)7-16-17/h1-2,5,7-8H,3-4,6,15H2. The van der Waals surface area contributed by atoms with Crippen LogP contribution in [0.4, 0.5) is 8.78 Å². The number of aromatic nitrogens is 2. The summed E-state index contributed by atoms with van der Waals surface area (Å²) >= 11 is 0. The summed E-state index contributed by atoms with van der Waals surface area (Å²) in [6, 6.07) is 3.61. The molecule has 0 aliphatic heterocycles. The van der Waals surface area contributed by atoms with E-state index in [0.29, 0.717) is 25.1 Å². The zero-order valence-corrected chi connectivity index (χ0v) is 9.24. The molecule has 2 N–H and O–H groups in total. The van der Waals surface area contributed by atoms with Gasteiger partial charge in [-0.15, -0.1) is 0 Å². The Balaban J connectivity index is 2.02. The zero-order valence-electron chi connectivity index (χ0n) is 9.24. The van der Waals surface area contributed by atoms with Crippen LogP contribution in [0, 0.1) is 11.6 Å². The van der Waals surface area contributed by atoms with Crippen LogP contribution < -0.4 is 5.73 Å². The smallest absolute Gasteiger partial charge is 0.129 e. The summed E-state index contributed by atoms with van der Waals surface area (Å²) in [6.45, 7) is 0.980. The highest BCUT2D eigenvalue weighted by Gasteiger charge is 2.04. The molecule has 0 bridgehead atoms. The second-order valence-corrected chi connectivity index (χ2v) is 3.80. The maximum atomic E-state index is 13.3. The number of hydrogen-bond acceptors (Lipinski definition) is 2. The molecule has 0 atom stereocenters. The Labute approximate surface area is 97.9 Å². The van der Waals surface area contributed by atoms with Gasteiger partial charge in [-0.25, -0.2) is 8.78 Å². The van der Waals surface area contributed by atoms with E-state index in [1.54, 1.807) is 10.9 Å². The first kappa shape index (κ1) is 11.7. The van der Waals surface area contributed by atoms with E-state index < -0.39 is 11.6 Å². The summed E-state index contributed by atoms with van der Waals surface area (Å²) in [6.07, 6.45) is 3.97. The maximum absolute atomic E-state index is 13.3. The molecule has 0 saturated heterocycles. The summed E-state index contributed by atoms with van der Waals surface area (Å²) in [5.41, 5.74) is 6.87. The molecule has 0 aliphatic rings. The van der Waals surface area contributed by atoms with Crippen molar-refractivity contribution in [3.05, 3.63) is 53.4 Å². The molecule has 2 rings (SSSR count). The Morgan fingerprint density at radius 1 is 1.29 bits per heavy atom. The predicted molar refractivity (Wildman–Crippen MR) is 60.2 cm³/mol. The van der Waals surface area contributed by atoms with E-state index in [1.165, 1.54) is 12.1 Å². The molecular weight excluding hydrogens is 224 g/mol. The van der Waals surface area contributed by atoms with E-state index >= 15 is 0 Å². The van der Waals surface area contributed by atoms with Crippen molar-refractivity contribution in [1.82, 2.24) is 9.78 Å². The van der Waals surface area contributed by atoms with Crippen LogP contribution in [-0.4, -0.2) is 9.78 Å². The molecule has 0 radical (unpaired) electrons. The van der Waals surface area contributed by atoms with Crippen molar-refractivity contribution in [2.45, 2.75) is 19.5 Å². The monoisotopic (exact) mass is 237 g/mol. The van der Waals surface area contributed by atoms with Crippen LogP contribution in [0.1, 0.15) is 11.1 Å². The van der Waals surface area contributed by atoms with Gasteiger partial charge in [0, 0.05) is 30.9 Å². The van der Waals surface area contributed by atoms with Gasteiger partial charge in [0.05, 0.1) is 6.20 Å². The van der Waals surface area contributed by atoms with Gasteiger partial charge in [-0.05, 0) is 18.1 Å². The molecule has 2 aromatic rings. The van der Waals surface area contributed by atoms with E-state index in [1.807, 2.05) is 6.20 Å². The molecule has 0 aliphatic carbocycles. The topological polar surface area (TPSA) is 43.8 Å². The van der Waals surface area contributed by atoms with Crippen LogP contribution in [0.2, 0.25) is 0 Å². The summed E-state index contributed by atoms with van der Waals surface area (Å²) in [5, 5.41) is 4.09. The predicted octanol–water partition coefficient (Wildman–Crippen LogP) is 1.86. The molecule has 0 fully saturated rings. The van der Waals surface area contributed by atoms with Gasteiger partial charge in [0.1, 0.15) is 11.6 Å². The molecule has 0 saturated carbocycles. The average Bonchev–Trinajstić information content (AvgIpc) is 2.76. The lowest BCUT2D eigenvalue weighted by Gasteiger charge is -2.03. The Kier molecular flexibility index (Phi) is 3.49. The number of hydrogen-bond donors (Lipinski definition) is 1. The van der Waals surface area contributed by atoms with E-state index in [9.17, 15) is 8.78 Å². The van der Waals surface area contributed by atoms with Gasteiger partial charge < -0.3 is 5.73 Å². The van der Waals surface area contributed by atoms with Gasteiger partial charge in [-0.3, -0.25) is 4.68 Å². The normalized spacial score (nSPS) is 10.8. The Morgan fingerprint density at radius 3 is 2.76 bits per heavy atom. The second kappa shape index (κ2) is 5.05. The van der Waals surface area contributed by atoms with Crippen LogP contribution >= 0.6 is 0 Å². The highest BCUT2D eigenvalue weighted by molar-refractivity contribution is 5.18. The molecular formula is C12H13F2N3. The van der Waals surface area contributed by atoms with Gasteiger partial charge in [0.2, 0.25) is 0 Å². The molecule has 90 valence electrons. The SMILES string of the molecule is NCc1cnn(CCc2ccc(F)cc2F)c1. The zero-order chi connectivity index (χ0) is 12.3. The second-order valence-electron chi connectivity index (χ2n) is 3.80. The van der Waals surface area contributed by atoms with Crippen LogP contribution in [-0.2, 0) is 19.5 Å². The molecule has 3 nitrogen and oxygen atoms in total. The quantitative estimate of drug-likeness (QED) is 0.882. The van der Waals surface area contributed by atoms with Crippen LogP contribution in [0.3, 0.4) is 0 Å². The van der Waals surface area contributed by atoms with Crippen LogP contribution in [0.25, 0.3) is 0 Å². The summed E-state index contributed by atoms with van der Waals surface area (Å²) in [4.78, 5) is 0. The molecule has 0 unspecified atom stereocenters. The fraction of sp³-hybridized carbons (Fsp3) is 0.250. The lowest BCUT2D eigenvalue weighted by Crippen LogP contribution is -2.03. The molecule has 5 heteroatoms. The minimum Gasteiger partial charge on any atom is -0.326 e. The largest absolute Gasteiger partial charge is 0.326 e. The molecule has 17 heavy (non-hydrogen) atoms. The lowest BCUT2D eigenvalue weighted by molar-refractivity contribution is 0.553. The first-order valence-electron chi connectivity index (χ1n) is 5.34. The highest BCUT2D eigenvalue weighted by atomic mass is 19.1. The van der Waals surface area contributed by atoms with Crippen molar-refractivity contribution >= 4 is 0 Å². The Hall–Kier alpha value is -1.75. The number of rotatable bonds is 4. The van der Waals surface area contributed by atoms with E-state index in [-0.39, 0.29) is 0 Å². The van der Waals surface area contributed by atoms with Gasteiger partial charge in [0.15, 0.2) is 0 Å². The van der Waals surface area contributed by atoms with Crippen LogP contribution in [0.5, 0.6) is 0 Å². The van der Waals surface area contributed by atoms with Crippen molar-refractivity contribution in [2.24, 2.45) is 5.73 Å². The van der Waals surface area contributed by atoms with Gasteiger partial charge >= 0.3 is 0 Å². The fourth-order valence-electron chi connectivity index (χ4n) is 1.59. The number of nitrogens with zero attached hydrogens (tertiary/aromatic N) is 2. The lowest BCUT2D eigenvalue weighted by atomic mass is 10.1. The van der Waals surface area contributed by atoms with Crippen molar-refractivity contribution in [2.75, 3.05) is 0 Å². The summed E-state index contributed by atoms with van der Waals surface area (Å²) < 4.78 is 27.7. The fourth-order valence-corrected chi connectivity index (χ4v) is 1.59.